The molecule has 3 aromatic rings. The highest BCUT2D eigenvalue weighted by Crippen LogP contribution is 2.25. The Bertz CT molecular complexity index is 1310. The smallest absolute Gasteiger partial charge is 0.264 e. The van der Waals surface area contributed by atoms with Crippen LogP contribution in [0.2, 0.25) is 0 Å². The summed E-state index contributed by atoms with van der Waals surface area (Å²) < 4.78 is 33.8. The Morgan fingerprint density at radius 1 is 0.872 bits per heavy atom. The molecule has 0 heterocycles. The molecule has 8 nitrogen and oxygen atoms in total. The second kappa shape index (κ2) is 13.8. The molecule has 0 aliphatic rings. The fourth-order valence-corrected chi connectivity index (χ4v) is 5.43. The van der Waals surface area contributed by atoms with Crippen LogP contribution in [0.1, 0.15) is 26.3 Å². The lowest BCUT2D eigenvalue weighted by molar-refractivity contribution is -0.138. The minimum absolute atomic E-state index is 0.0264. The molecule has 1 atom stereocenters. The average molecular weight is 552 g/mol. The van der Waals surface area contributed by atoms with E-state index >= 15 is 0 Å². The topological polar surface area (TPSA) is 96.0 Å². The van der Waals surface area contributed by atoms with E-state index < -0.39 is 28.5 Å². The standard InChI is InChI=1S/C30H37N3O5S/c1-23(2)21-31-30(35)24(3)32(20-19-25-11-7-5-8-12-25)29(34)22-33(26-13-9-6-10-14-26)39(36,37)28-17-15-27(38-4)16-18-28/h5-18,23-24H,19-22H2,1-4H3,(H,31,35). The number of rotatable bonds is 13. The fourth-order valence-electron chi connectivity index (χ4n) is 4.02. The maximum Gasteiger partial charge on any atom is 0.264 e. The number of anilines is 1. The Morgan fingerprint density at radius 2 is 1.46 bits per heavy atom. The number of amides is 2. The minimum Gasteiger partial charge on any atom is -0.497 e. The zero-order valence-electron chi connectivity index (χ0n) is 22.9. The molecule has 0 aliphatic carbocycles. The lowest BCUT2D eigenvalue weighted by atomic mass is 10.1. The first kappa shape index (κ1) is 29.7. The van der Waals surface area contributed by atoms with Gasteiger partial charge < -0.3 is 15.0 Å². The largest absolute Gasteiger partial charge is 0.497 e. The molecule has 9 heteroatoms. The van der Waals surface area contributed by atoms with Gasteiger partial charge in [-0.25, -0.2) is 8.42 Å². The zero-order chi connectivity index (χ0) is 28.4. The molecular weight excluding hydrogens is 514 g/mol. The molecule has 0 saturated carbocycles. The lowest BCUT2D eigenvalue weighted by Gasteiger charge is -2.32. The maximum absolute atomic E-state index is 13.8. The summed E-state index contributed by atoms with van der Waals surface area (Å²) in [4.78, 5) is 28.3. The number of sulfonamides is 1. The first-order valence-electron chi connectivity index (χ1n) is 13.0. The molecule has 0 spiro atoms. The number of ether oxygens (including phenoxy) is 1. The van der Waals surface area contributed by atoms with Gasteiger partial charge >= 0.3 is 0 Å². The van der Waals surface area contributed by atoms with Gasteiger partial charge in [-0.1, -0.05) is 62.4 Å². The third-order valence-electron chi connectivity index (χ3n) is 6.31. The number of benzene rings is 3. The Hall–Kier alpha value is -3.85. The van der Waals surface area contributed by atoms with Gasteiger partial charge in [0.2, 0.25) is 11.8 Å². The molecule has 3 aromatic carbocycles. The quantitative estimate of drug-likeness (QED) is 0.345. The van der Waals surface area contributed by atoms with Crippen LogP contribution in [0.25, 0.3) is 0 Å². The second-order valence-electron chi connectivity index (χ2n) is 9.66. The highest BCUT2D eigenvalue weighted by Gasteiger charge is 2.32. The van der Waals surface area contributed by atoms with Crippen molar-refractivity contribution in [3.63, 3.8) is 0 Å². The van der Waals surface area contributed by atoms with E-state index in [0.717, 1.165) is 9.87 Å². The SMILES string of the molecule is COc1ccc(S(=O)(=O)N(CC(=O)N(CCc2ccccc2)C(C)C(=O)NCC(C)C)c2ccccc2)cc1. The van der Waals surface area contributed by atoms with Gasteiger partial charge in [0.25, 0.3) is 10.0 Å². The van der Waals surface area contributed by atoms with E-state index in [-0.39, 0.29) is 23.3 Å². The van der Waals surface area contributed by atoms with Gasteiger partial charge in [0.15, 0.2) is 0 Å². The monoisotopic (exact) mass is 551 g/mol. The van der Waals surface area contributed by atoms with Crippen LogP contribution in [0.15, 0.2) is 89.8 Å². The normalized spacial score (nSPS) is 12.0. The van der Waals surface area contributed by atoms with E-state index in [9.17, 15) is 18.0 Å². The van der Waals surface area contributed by atoms with Crippen LogP contribution < -0.4 is 14.4 Å². The number of methoxy groups -OCH3 is 1. The summed E-state index contributed by atoms with van der Waals surface area (Å²) in [6.07, 6.45) is 0.519. The van der Waals surface area contributed by atoms with Crippen molar-refractivity contribution in [1.82, 2.24) is 10.2 Å². The number of hydrogen-bond acceptors (Lipinski definition) is 5. The highest BCUT2D eigenvalue weighted by atomic mass is 32.2. The Kier molecular flexibility index (Phi) is 10.5. The van der Waals surface area contributed by atoms with Crippen LogP contribution in [0.3, 0.4) is 0 Å². The number of carbonyl (C=O) groups is 2. The zero-order valence-corrected chi connectivity index (χ0v) is 23.7. The number of hydrogen-bond donors (Lipinski definition) is 1. The van der Waals surface area contributed by atoms with Gasteiger partial charge in [0, 0.05) is 13.1 Å². The molecule has 2 amide bonds. The summed E-state index contributed by atoms with van der Waals surface area (Å²) in [5.74, 6) is 0.0101. The van der Waals surface area contributed by atoms with E-state index in [0.29, 0.717) is 24.4 Å². The van der Waals surface area contributed by atoms with Gasteiger partial charge in [-0.05, 0) is 61.2 Å². The van der Waals surface area contributed by atoms with Crippen molar-refractivity contribution < 1.29 is 22.7 Å². The first-order chi connectivity index (χ1) is 18.6. The van der Waals surface area contributed by atoms with Crippen molar-refractivity contribution >= 4 is 27.5 Å². The number of para-hydroxylation sites is 1. The van der Waals surface area contributed by atoms with Crippen LogP contribution in [0, 0.1) is 5.92 Å². The highest BCUT2D eigenvalue weighted by molar-refractivity contribution is 7.92. The summed E-state index contributed by atoms with van der Waals surface area (Å²) in [6.45, 7) is 5.92. The van der Waals surface area contributed by atoms with Crippen LogP contribution in [-0.4, -0.2) is 57.9 Å². The third-order valence-corrected chi connectivity index (χ3v) is 8.09. The van der Waals surface area contributed by atoms with Gasteiger partial charge in [-0.15, -0.1) is 0 Å². The van der Waals surface area contributed by atoms with E-state index in [4.69, 9.17) is 4.74 Å². The minimum atomic E-state index is -4.11. The third kappa shape index (κ3) is 8.07. The first-order valence-corrected chi connectivity index (χ1v) is 14.4. The predicted molar refractivity (Wildman–Crippen MR) is 153 cm³/mol. The van der Waals surface area contributed by atoms with E-state index in [1.165, 1.54) is 24.1 Å². The van der Waals surface area contributed by atoms with Gasteiger partial charge in [-0.3, -0.25) is 13.9 Å². The Morgan fingerprint density at radius 3 is 2.03 bits per heavy atom. The summed E-state index contributed by atoms with van der Waals surface area (Å²) >= 11 is 0. The Balaban J connectivity index is 1.93. The van der Waals surface area contributed by atoms with Crippen molar-refractivity contribution in [1.29, 1.82) is 0 Å². The predicted octanol–water partition coefficient (Wildman–Crippen LogP) is 4.12. The number of nitrogens with one attached hydrogen (secondary N) is 1. The average Bonchev–Trinajstić information content (AvgIpc) is 2.95. The van der Waals surface area contributed by atoms with E-state index in [1.54, 1.807) is 49.4 Å². The molecule has 1 N–H and O–H groups in total. The van der Waals surface area contributed by atoms with Gasteiger partial charge in [0.05, 0.1) is 17.7 Å². The van der Waals surface area contributed by atoms with Gasteiger partial charge in [0.1, 0.15) is 18.3 Å². The molecule has 0 fully saturated rings. The number of nitrogens with zero attached hydrogens (tertiary/aromatic N) is 2. The van der Waals surface area contributed by atoms with Gasteiger partial charge in [-0.2, -0.15) is 0 Å². The van der Waals surface area contributed by atoms with Crippen LogP contribution >= 0.6 is 0 Å². The van der Waals surface area contributed by atoms with Crippen molar-refractivity contribution in [2.24, 2.45) is 5.92 Å². The van der Waals surface area contributed by atoms with E-state index in [1.807, 2.05) is 44.2 Å². The van der Waals surface area contributed by atoms with Crippen LogP contribution in [-0.2, 0) is 26.0 Å². The lowest BCUT2D eigenvalue weighted by Crippen LogP contribution is -2.52. The van der Waals surface area contributed by atoms with Crippen molar-refractivity contribution in [2.45, 2.75) is 38.1 Å². The summed E-state index contributed by atoms with van der Waals surface area (Å²) in [7, 11) is -2.61. The summed E-state index contributed by atoms with van der Waals surface area (Å²) in [5.41, 5.74) is 1.36. The molecule has 1 unspecified atom stereocenters. The molecule has 3 rings (SSSR count). The second-order valence-corrected chi connectivity index (χ2v) is 11.5. The summed E-state index contributed by atoms with van der Waals surface area (Å²) in [5, 5.41) is 2.89. The molecule has 0 radical (unpaired) electrons. The van der Waals surface area contributed by atoms with Crippen molar-refractivity contribution in [3.8, 4) is 5.75 Å². The molecule has 39 heavy (non-hydrogen) atoms. The van der Waals surface area contributed by atoms with E-state index in [2.05, 4.69) is 5.32 Å². The summed E-state index contributed by atoms with van der Waals surface area (Å²) in [6, 6.07) is 23.4. The molecule has 0 bridgehead atoms. The maximum atomic E-state index is 13.8. The fraction of sp³-hybridized carbons (Fsp3) is 0.333. The van der Waals surface area contributed by atoms with Crippen LogP contribution in [0.5, 0.6) is 5.75 Å². The van der Waals surface area contributed by atoms with Crippen molar-refractivity contribution in [2.75, 3.05) is 31.0 Å². The molecule has 0 aliphatic heterocycles. The number of carbonyl (C=O) groups excluding carboxylic acids is 2. The molecular formula is C30H37N3O5S. The molecule has 0 aromatic heterocycles. The molecule has 208 valence electrons. The van der Waals surface area contributed by atoms with Crippen molar-refractivity contribution in [3.05, 3.63) is 90.5 Å². The Labute approximate surface area is 231 Å². The van der Waals surface area contributed by atoms with Crippen LogP contribution in [0.4, 0.5) is 5.69 Å². The molecule has 0 saturated heterocycles.